The van der Waals surface area contributed by atoms with Gasteiger partial charge in [0, 0.05) is 35.4 Å². The van der Waals surface area contributed by atoms with Gasteiger partial charge in [0.1, 0.15) is 0 Å². The predicted molar refractivity (Wildman–Crippen MR) is 66.1 cm³/mol. The third kappa shape index (κ3) is 3.32. The Balaban J connectivity index is 1.85. The average molecular weight is 250 g/mol. The van der Waals surface area contributed by atoms with Crippen LogP contribution in [0, 0.1) is 0 Å². The van der Waals surface area contributed by atoms with Crippen molar-refractivity contribution in [3.63, 3.8) is 0 Å². The molecule has 1 aromatic carbocycles. The van der Waals surface area contributed by atoms with E-state index in [4.69, 9.17) is 11.6 Å². The smallest absolute Gasteiger partial charge is 0.251 e. The van der Waals surface area contributed by atoms with E-state index in [1.807, 2.05) is 6.07 Å². The Morgan fingerprint density at radius 2 is 2.29 bits per heavy atom. The first kappa shape index (κ1) is 11.7. The van der Waals surface area contributed by atoms with Crippen LogP contribution in [0.2, 0.25) is 5.02 Å². The maximum Gasteiger partial charge on any atom is 0.251 e. The largest absolute Gasteiger partial charge is 0.352 e. The number of hydrogen-bond acceptors (Lipinski definition) is 2. The minimum Gasteiger partial charge on any atom is -0.352 e. The molecular weight excluding hydrogens is 238 g/mol. The molecule has 88 valence electrons. The number of halogens is 1. The minimum absolute atomic E-state index is 0.119. The lowest BCUT2D eigenvalue weighted by molar-refractivity contribution is 0.0954. The first-order chi connectivity index (χ1) is 8.25. The third-order valence-corrected chi connectivity index (χ3v) is 2.56. The van der Waals surface area contributed by atoms with Gasteiger partial charge in [0.25, 0.3) is 5.91 Å². The van der Waals surface area contributed by atoms with Crippen molar-refractivity contribution in [3.8, 4) is 0 Å². The zero-order chi connectivity index (χ0) is 12.1. The van der Waals surface area contributed by atoms with Crippen LogP contribution in [0.1, 0.15) is 16.1 Å². The summed E-state index contributed by atoms with van der Waals surface area (Å²) >= 11 is 5.81. The maximum atomic E-state index is 11.7. The average Bonchev–Trinajstić information content (AvgIpc) is 2.82. The molecule has 0 saturated carbocycles. The van der Waals surface area contributed by atoms with Gasteiger partial charge in [0.05, 0.1) is 0 Å². The Morgan fingerprint density at radius 3 is 3.00 bits per heavy atom. The molecule has 0 fully saturated rings. The van der Waals surface area contributed by atoms with Gasteiger partial charge in [-0.05, 0) is 24.3 Å². The van der Waals surface area contributed by atoms with E-state index < -0.39 is 0 Å². The van der Waals surface area contributed by atoms with E-state index in [1.54, 1.807) is 30.5 Å². The van der Waals surface area contributed by atoms with E-state index in [0.717, 1.165) is 12.1 Å². The number of nitrogens with one attached hydrogen (secondary N) is 2. The number of hydrogen-bond donors (Lipinski definition) is 2. The predicted octanol–water partition coefficient (Wildman–Crippen LogP) is 2.04. The lowest BCUT2D eigenvalue weighted by atomic mass is 10.2. The summed E-state index contributed by atoms with van der Waals surface area (Å²) < 4.78 is 0. The fourth-order valence-electron chi connectivity index (χ4n) is 1.47. The molecule has 1 amide bonds. The van der Waals surface area contributed by atoms with E-state index in [-0.39, 0.29) is 5.91 Å². The lowest BCUT2D eigenvalue weighted by Gasteiger charge is -2.04. The van der Waals surface area contributed by atoms with Crippen LogP contribution in [0.3, 0.4) is 0 Å². The Kier molecular flexibility index (Phi) is 3.77. The summed E-state index contributed by atoms with van der Waals surface area (Å²) in [6, 6.07) is 8.76. The van der Waals surface area contributed by atoms with Gasteiger partial charge in [-0.25, -0.2) is 0 Å². The standard InChI is InChI=1S/C12H12ClN3O/c13-10-3-1-2-9(8-10)12(17)14-6-4-11-5-7-15-16-11/h1-3,5,7-8H,4,6H2,(H,14,17)(H,15,16). The molecule has 0 spiro atoms. The highest BCUT2D eigenvalue weighted by Gasteiger charge is 2.05. The number of nitrogens with zero attached hydrogens (tertiary/aromatic N) is 1. The van der Waals surface area contributed by atoms with Gasteiger partial charge < -0.3 is 5.32 Å². The zero-order valence-electron chi connectivity index (χ0n) is 9.11. The van der Waals surface area contributed by atoms with Crippen molar-refractivity contribution in [2.24, 2.45) is 0 Å². The number of H-pyrrole nitrogens is 1. The number of amides is 1. The van der Waals surface area contributed by atoms with Crippen molar-refractivity contribution in [2.45, 2.75) is 6.42 Å². The number of aromatic nitrogens is 2. The van der Waals surface area contributed by atoms with Gasteiger partial charge in [-0.3, -0.25) is 9.89 Å². The molecule has 2 aromatic rings. The first-order valence-electron chi connectivity index (χ1n) is 5.28. The van der Waals surface area contributed by atoms with Crippen LogP contribution in [-0.4, -0.2) is 22.6 Å². The van der Waals surface area contributed by atoms with Gasteiger partial charge in [0.15, 0.2) is 0 Å². The quantitative estimate of drug-likeness (QED) is 0.871. The highest BCUT2D eigenvalue weighted by Crippen LogP contribution is 2.10. The van der Waals surface area contributed by atoms with Gasteiger partial charge in [0.2, 0.25) is 0 Å². The minimum atomic E-state index is -0.119. The number of rotatable bonds is 4. The van der Waals surface area contributed by atoms with Crippen molar-refractivity contribution >= 4 is 17.5 Å². The Morgan fingerprint density at radius 1 is 1.41 bits per heavy atom. The van der Waals surface area contributed by atoms with E-state index in [0.29, 0.717) is 17.1 Å². The maximum absolute atomic E-state index is 11.7. The summed E-state index contributed by atoms with van der Waals surface area (Å²) in [6.07, 6.45) is 2.42. The molecule has 5 heteroatoms. The van der Waals surface area contributed by atoms with Crippen LogP contribution in [0.15, 0.2) is 36.5 Å². The van der Waals surface area contributed by atoms with Gasteiger partial charge in [-0.1, -0.05) is 17.7 Å². The number of aromatic amines is 1. The van der Waals surface area contributed by atoms with E-state index in [9.17, 15) is 4.79 Å². The fraction of sp³-hybridized carbons (Fsp3) is 0.167. The van der Waals surface area contributed by atoms with Crippen molar-refractivity contribution in [2.75, 3.05) is 6.54 Å². The van der Waals surface area contributed by atoms with Crippen LogP contribution >= 0.6 is 11.6 Å². The molecule has 1 aromatic heterocycles. The second-order valence-electron chi connectivity index (χ2n) is 3.60. The number of carbonyl (C=O) groups excluding carboxylic acids is 1. The number of benzene rings is 1. The monoisotopic (exact) mass is 249 g/mol. The van der Waals surface area contributed by atoms with Gasteiger partial charge in [-0.2, -0.15) is 5.10 Å². The molecule has 0 bridgehead atoms. The van der Waals surface area contributed by atoms with E-state index in [2.05, 4.69) is 15.5 Å². The lowest BCUT2D eigenvalue weighted by Crippen LogP contribution is -2.25. The summed E-state index contributed by atoms with van der Waals surface area (Å²) in [5.41, 5.74) is 1.57. The second-order valence-corrected chi connectivity index (χ2v) is 4.03. The molecule has 0 aliphatic carbocycles. The summed E-state index contributed by atoms with van der Waals surface area (Å²) in [7, 11) is 0. The van der Waals surface area contributed by atoms with Crippen molar-refractivity contribution in [3.05, 3.63) is 52.8 Å². The van der Waals surface area contributed by atoms with Crippen LogP contribution in [0.25, 0.3) is 0 Å². The third-order valence-electron chi connectivity index (χ3n) is 2.33. The zero-order valence-corrected chi connectivity index (χ0v) is 9.87. The SMILES string of the molecule is O=C(NCCc1ccn[nH]1)c1cccc(Cl)c1. The van der Waals surface area contributed by atoms with E-state index in [1.165, 1.54) is 0 Å². The molecule has 1 heterocycles. The molecule has 2 rings (SSSR count). The summed E-state index contributed by atoms with van der Waals surface area (Å²) in [4.78, 5) is 11.7. The van der Waals surface area contributed by atoms with Gasteiger partial charge in [-0.15, -0.1) is 0 Å². The summed E-state index contributed by atoms with van der Waals surface area (Å²) in [5, 5.41) is 10.1. The summed E-state index contributed by atoms with van der Waals surface area (Å²) in [6.45, 7) is 0.563. The van der Waals surface area contributed by atoms with Crippen LogP contribution < -0.4 is 5.32 Å². The van der Waals surface area contributed by atoms with E-state index >= 15 is 0 Å². The molecule has 17 heavy (non-hydrogen) atoms. The Hall–Kier alpha value is -1.81. The van der Waals surface area contributed by atoms with Crippen LogP contribution in [-0.2, 0) is 6.42 Å². The molecule has 0 radical (unpaired) electrons. The van der Waals surface area contributed by atoms with Crippen molar-refractivity contribution in [1.29, 1.82) is 0 Å². The molecule has 4 nitrogen and oxygen atoms in total. The van der Waals surface area contributed by atoms with Gasteiger partial charge >= 0.3 is 0 Å². The second kappa shape index (κ2) is 5.50. The molecule has 2 N–H and O–H groups in total. The fourth-order valence-corrected chi connectivity index (χ4v) is 1.66. The summed E-state index contributed by atoms with van der Waals surface area (Å²) in [5.74, 6) is -0.119. The molecule has 0 saturated heterocycles. The number of carbonyl (C=O) groups is 1. The highest BCUT2D eigenvalue weighted by molar-refractivity contribution is 6.30. The van der Waals surface area contributed by atoms with Crippen LogP contribution in [0.4, 0.5) is 0 Å². The molecule has 0 atom stereocenters. The van der Waals surface area contributed by atoms with Crippen LogP contribution in [0.5, 0.6) is 0 Å². The Bertz CT molecular complexity index is 496. The van der Waals surface area contributed by atoms with Crippen molar-refractivity contribution in [1.82, 2.24) is 15.5 Å². The molecule has 0 unspecified atom stereocenters. The first-order valence-corrected chi connectivity index (χ1v) is 5.65. The topological polar surface area (TPSA) is 57.8 Å². The molecule has 0 aliphatic rings. The molecule has 0 aliphatic heterocycles. The normalized spacial score (nSPS) is 10.2. The Labute approximate surface area is 104 Å². The highest BCUT2D eigenvalue weighted by atomic mass is 35.5. The molecular formula is C12H12ClN3O. The van der Waals surface area contributed by atoms with Crippen molar-refractivity contribution < 1.29 is 4.79 Å².